The van der Waals surface area contributed by atoms with Crippen molar-refractivity contribution in [1.82, 2.24) is 0 Å². The van der Waals surface area contributed by atoms with Crippen molar-refractivity contribution in [3.8, 4) is 11.5 Å². The fraction of sp³-hybridized carbons (Fsp3) is 0.261. The topological polar surface area (TPSA) is 50.8 Å². The lowest BCUT2D eigenvalue weighted by molar-refractivity contribution is -0.113. The molecule has 2 aliphatic heterocycles. The Morgan fingerprint density at radius 1 is 1.07 bits per heavy atom. The molecule has 0 radical (unpaired) electrons. The molecule has 0 aliphatic carbocycles. The number of nitrogens with one attached hydrogen (secondary N) is 1. The Balaban J connectivity index is 1.15. The number of carbonyl (C=O) groups excluding carboxylic acids is 1. The number of hydrogen-bond acceptors (Lipinski definition) is 6. The number of thioether (sulfide) groups is 1. The first kappa shape index (κ1) is 19.3. The summed E-state index contributed by atoms with van der Waals surface area (Å²) in [5, 5.41) is 5.16. The van der Waals surface area contributed by atoms with Crippen LogP contribution in [0, 0.1) is 0 Å². The zero-order valence-electron chi connectivity index (χ0n) is 16.4. The van der Waals surface area contributed by atoms with E-state index in [0.717, 1.165) is 41.6 Å². The summed E-state index contributed by atoms with van der Waals surface area (Å²) < 4.78 is 11.1. The summed E-state index contributed by atoms with van der Waals surface area (Å²) in [5.41, 5.74) is 3.44. The van der Waals surface area contributed by atoms with Gasteiger partial charge in [-0.2, -0.15) is 0 Å². The van der Waals surface area contributed by atoms with Crippen LogP contribution < -0.4 is 19.7 Å². The molecule has 0 bridgehead atoms. The van der Waals surface area contributed by atoms with Gasteiger partial charge < -0.3 is 19.7 Å². The minimum atomic E-state index is -0.0245. The average Bonchev–Trinajstić information content (AvgIpc) is 3.26. The third-order valence-corrected chi connectivity index (χ3v) is 7.22. The van der Waals surface area contributed by atoms with Gasteiger partial charge in [0.1, 0.15) is 13.2 Å². The normalized spacial score (nSPS) is 14.9. The SMILES string of the molecule is O=C(CSc1ccc2c(c1)OCCO2)Nc1ccc(N2CCc3sccc3C2)cc1. The fourth-order valence-corrected chi connectivity index (χ4v) is 5.30. The summed E-state index contributed by atoms with van der Waals surface area (Å²) in [5.74, 6) is 1.83. The van der Waals surface area contributed by atoms with Crippen LogP contribution in [0.15, 0.2) is 58.8 Å². The first-order valence-corrected chi connectivity index (χ1v) is 11.8. The van der Waals surface area contributed by atoms with Gasteiger partial charge in [-0.3, -0.25) is 4.79 Å². The Morgan fingerprint density at radius 3 is 2.77 bits per heavy atom. The molecule has 1 amide bonds. The van der Waals surface area contributed by atoms with Gasteiger partial charge in [0.05, 0.1) is 5.75 Å². The Bertz CT molecular complexity index is 1050. The highest BCUT2D eigenvalue weighted by atomic mass is 32.2. The number of ether oxygens (including phenoxy) is 2. The maximum atomic E-state index is 12.4. The molecule has 2 aliphatic rings. The molecule has 7 heteroatoms. The second kappa shape index (κ2) is 8.62. The zero-order chi connectivity index (χ0) is 20.3. The quantitative estimate of drug-likeness (QED) is 0.579. The molecule has 0 saturated carbocycles. The molecule has 5 nitrogen and oxygen atoms in total. The van der Waals surface area contributed by atoms with Gasteiger partial charge in [0.15, 0.2) is 11.5 Å². The molecular formula is C23H22N2O3S2. The lowest BCUT2D eigenvalue weighted by atomic mass is 10.1. The fourth-order valence-electron chi connectivity index (χ4n) is 3.68. The maximum Gasteiger partial charge on any atom is 0.234 e. The molecule has 0 fully saturated rings. The molecule has 0 spiro atoms. The summed E-state index contributed by atoms with van der Waals surface area (Å²) in [6, 6.07) is 16.1. The van der Waals surface area contributed by atoms with Crippen molar-refractivity contribution in [2.75, 3.05) is 35.7 Å². The van der Waals surface area contributed by atoms with Gasteiger partial charge in [0.2, 0.25) is 5.91 Å². The minimum absolute atomic E-state index is 0.0245. The predicted molar refractivity (Wildman–Crippen MR) is 122 cm³/mol. The molecule has 154 valence electrons. The van der Waals surface area contributed by atoms with Crippen LogP contribution in [-0.2, 0) is 17.8 Å². The van der Waals surface area contributed by atoms with Crippen molar-refractivity contribution >= 4 is 40.4 Å². The number of rotatable bonds is 5. The number of carbonyl (C=O) groups is 1. The van der Waals surface area contributed by atoms with E-state index in [0.29, 0.717) is 19.0 Å². The van der Waals surface area contributed by atoms with Gasteiger partial charge in [-0.25, -0.2) is 0 Å². The molecule has 3 aromatic rings. The van der Waals surface area contributed by atoms with Crippen LogP contribution in [0.4, 0.5) is 11.4 Å². The van der Waals surface area contributed by atoms with Crippen LogP contribution in [0.1, 0.15) is 10.4 Å². The third-order valence-electron chi connectivity index (χ3n) is 5.21. The summed E-state index contributed by atoms with van der Waals surface area (Å²) in [6.07, 6.45) is 1.10. The maximum absolute atomic E-state index is 12.4. The number of hydrogen-bond donors (Lipinski definition) is 1. The first-order chi connectivity index (χ1) is 14.7. The van der Waals surface area contributed by atoms with E-state index < -0.39 is 0 Å². The van der Waals surface area contributed by atoms with Crippen LogP contribution >= 0.6 is 23.1 Å². The van der Waals surface area contributed by atoms with Crippen LogP contribution in [-0.4, -0.2) is 31.4 Å². The van der Waals surface area contributed by atoms with Crippen LogP contribution in [0.5, 0.6) is 11.5 Å². The Labute approximate surface area is 184 Å². The highest BCUT2D eigenvalue weighted by Gasteiger charge is 2.17. The van der Waals surface area contributed by atoms with E-state index >= 15 is 0 Å². The standard InChI is InChI=1S/C23H22N2O3S2/c26-23(15-30-19-5-6-20-21(13-19)28-11-10-27-20)24-17-1-3-18(4-2-17)25-9-7-22-16(14-25)8-12-29-22/h1-6,8,12-13H,7,9-11,14-15H2,(H,24,26). The minimum Gasteiger partial charge on any atom is -0.486 e. The molecule has 30 heavy (non-hydrogen) atoms. The summed E-state index contributed by atoms with van der Waals surface area (Å²) >= 11 is 3.34. The molecule has 0 saturated heterocycles. The molecule has 0 unspecified atom stereocenters. The predicted octanol–water partition coefficient (Wildman–Crippen LogP) is 4.81. The largest absolute Gasteiger partial charge is 0.486 e. The lowest BCUT2D eigenvalue weighted by Gasteiger charge is -2.29. The summed E-state index contributed by atoms with van der Waals surface area (Å²) in [7, 11) is 0. The second-order valence-corrected chi connectivity index (χ2v) is 9.28. The smallest absolute Gasteiger partial charge is 0.234 e. The van der Waals surface area contributed by atoms with Gasteiger partial charge in [-0.05, 0) is 65.9 Å². The highest BCUT2D eigenvalue weighted by molar-refractivity contribution is 8.00. The van der Waals surface area contributed by atoms with E-state index in [1.165, 1.54) is 27.9 Å². The number of thiophene rings is 1. The molecular weight excluding hydrogens is 416 g/mol. The van der Waals surface area contributed by atoms with Gasteiger partial charge >= 0.3 is 0 Å². The molecule has 0 atom stereocenters. The van der Waals surface area contributed by atoms with E-state index in [-0.39, 0.29) is 5.91 Å². The third kappa shape index (κ3) is 4.27. The number of amides is 1. The average molecular weight is 439 g/mol. The van der Waals surface area contributed by atoms with Crippen LogP contribution in [0.3, 0.4) is 0 Å². The van der Waals surface area contributed by atoms with Crippen molar-refractivity contribution in [1.29, 1.82) is 0 Å². The molecule has 1 N–H and O–H groups in total. The summed E-state index contributed by atoms with van der Waals surface area (Å²) in [6.45, 7) is 3.12. The monoisotopic (exact) mass is 438 g/mol. The van der Waals surface area contributed by atoms with E-state index in [1.54, 1.807) is 0 Å². The van der Waals surface area contributed by atoms with E-state index in [9.17, 15) is 4.79 Å². The number of benzene rings is 2. The van der Waals surface area contributed by atoms with Crippen molar-refractivity contribution in [2.24, 2.45) is 0 Å². The van der Waals surface area contributed by atoms with Gasteiger partial charge in [0.25, 0.3) is 0 Å². The lowest BCUT2D eigenvalue weighted by Crippen LogP contribution is -2.29. The second-order valence-electron chi connectivity index (χ2n) is 7.23. The Kier molecular flexibility index (Phi) is 5.55. The highest BCUT2D eigenvalue weighted by Crippen LogP contribution is 2.34. The Morgan fingerprint density at radius 2 is 1.90 bits per heavy atom. The van der Waals surface area contributed by atoms with E-state index in [2.05, 4.69) is 33.8 Å². The number of anilines is 2. The van der Waals surface area contributed by atoms with Crippen molar-refractivity contribution in [3.63, 3.8) is 0 Å². The van der Waals surface area contributed by atoms with Crippen molar-refractivity contribution in [3.05, 3.63) is 64.4 Å². The molecule has 3 heterocycles. The zero-order valence-corrected chi connectivity index (χ0v) is 18.1. The summed E-state index contributed by atoms with van der Waals surface area (Å²) in [4.78, 5) is 17.3. The van der Waals surface area contributed by atoms with Gasteiger partial charge in [-0.1, -0.05) is 0 Å². The molecule has 5 rings (SSSR count). The van der Waals surface area contributed by atoms with Gasteiger partial charge in [-0.15, -0.1) is 23.1 Å². The Hall–Kier alpha value is -2.64. The molecule has 1 aromatic heterocycles. The van der Waals surface area contributed by atoms with E-state index in [1.807, 2.05) is 41.7 Å². The first-order valence-electron chi connectivity index (χ1n) is 9.97. The number of nitrogens with zero attached hydrogens (tertiary/aromatic N) is 1. The van der Waals surface area contributed by atoms with Crippen LogP contribution in [0.2, 0.25) is 0 Å². The van der Waals surface area contributed by atoms with Crippen molar-refractivity contribution in [2.45, 2.75) is 17.9 Å². The number of fused-ring (bicyclic) bond motifs is 2. The molecule has 2 aromatic carbocycles. The van der Waals surface area contributed by atoms with Crippen LogP contribution in [0.25, 0.3) is 0 Å². The van der Waals surface area contributed by atoms with Gasteiger partial charge in [0, 0.05) is 34.2 Å². The van der Waals surface area contributed by atoms with Crippen molar-refractivity contribution < 1.29 is 14.3 Å². The van der Waals surface area contributed by atoms with E-state index in [4.69, 9.17) is 9.47 Å².